The number of carbonyl (C=O) groups is 1. The molecule has 5 heteroatoms. The molecule has 1 amide bonds. The van der Waals surface area contributed by atoms with Crippen molar-refractivity contribution in [2.75, 3.05) is 43.4 Å². The molecule has 34 heavy (non-hydrogen) atoms. The number of hydrogen-bond acceptors (Lipinski definition) is 3. The van der Waals surface area contributed by atoms with Crippen LogP contribution in [0.15, 0.2) is 66.7 Å². The van der Waals surface area contributed by atoms with Crippen molar-refractivity contribution in [2.45, 2.75) is 26.2 Å². The quantitative estimate of drug-likeness (QED) is 0.486. The number of nitrogens with zero attached hydrogens (tertiary/aromatic N) is 3. The molecule has 5 nitrogen and oxygen atoms in total. The Hall–Kier alpha value is -3.62. The van der Waals surface area contributed by atoms with E-state index in [0.29, 0.717) is 11.3 Å². The number of likely N-dealkylation sites (N-methyl/N-ethyl adjacent to an activating group) is 1. The standard InChI is InChI=1S/C29H32N4O/c1-22-8-10-24(11-9-23-6-4-7-26(21-23)30-2)28(20-22)31-29(34)25-12-14-27(15-13-25)33-17-5-16-32(3)18-19-33/h4,6-8,10,12-15,20-21H,5,9,11,16-19H2,1,3H3,(H,31,34). The van der Waals surface area contributed by atoms with Crippen LogP contribution in [0.2, 0.25) is 0 Å². The summed E-state index contributed by atoms with van der Waals surface area (Å²) in [4.78, 5) is 21.3. The van der Waals surface area contributed by atoms with Crippen LogP contribution in [0.3, 0.4) is 0 Å². The minimum absolute atomic E-state index is 0.0935. The Morgan fingerprint density at radius 2 is 1.79 bits per heavy atom. The first-order valence-electron chi connectivity index (χ1n) is 11.9. The van der Waals surface area contributed by atoms with Crippen LogP contribution >= 0.6 is 0 Å². The Balaban J connectivity index is 1.44. The van der Waals surface area contributed by atoms with E-state index in [2.05, 4.69) is 51.3 Å². The highest BCUT2D eigenvalue weighted by Crippen LogP contribution is 2.23. The molecule has 4 rings (SSSR count). The first-order chi connectivity index (χ1) is 16.5. The summed E-state index contributed by atoms with van der Waals surface area (Å²) in [5.41, 5.74) is 6.67. The van der Waals surface area contributed by atoms with E-state index < -0.39 is 0 Å². The first kappa shape index (κ1) is 23.5. The molecule has 0 aliphatic carbocycles. The normalized spacial score (nSPS) is 14.3. The zero-order valence-corrected chi connectivity index (χ0v) is 20.1. The summed E-state index contributed by atoms with van der Waals surface area (Å²) in [6, 6.07) is 21.9. The minimum Gasteiger partial charge on any atom is -0.370 e. The van der Waals surface area contributed by atoms with E-state index in [9.17, 15) is 4.79 Å². The van der Waals surface area contributed by atoms with Crippen LogP contribution in [0.1, 0.15) is 33.5 Å². The van der Waals surface area contributed by atoms with Crippen LogP contribution in [0, 0.1) is 13.5 Å². The fourth-order valence-electron chi connectivity index (χ4n) is 4.41. The van der Waals surface area contributed by atoms with Gasteiger partial charge in [-0.15, -0.1) is 0 Å². The smallest absolute Gasteiger partial charge is 0.255 e. The first-order valence-corrected chi connectivity index (χ1v) is 11.9. The predicted octanol–water partition coefficient (Wildman–Crippen LogP) is 5.73. The monoisotopic (exact) mass is 452 g/mol. The van der Waals surface area contributed by atoms with Gasteiger partial charge in [0, 0.05) is 36.6 Å². The van der Waals surface area contributed by atoms with Crippen molar-refractivity contribution in [1.29, 1.82) is 0 Å². The average molecular weight is 453 g/mol. The van der Waals surface area contributed by atoms with Crippen LogP contribution in [0.4, 0.5) is 17.1 Å². The highest BCUT2D eigenvalue weighted by Gasteiger charge is 2.14. The number of carbonyl (C=O) groups excluding carboxylic acids is 1. The van der Waals surface area contributed by atoms with Crippen molar-refractivity contribution < 1.29 is 4.79 Å². The van der Waals surface area contributed by atoms with Gasteiger partial charge in [0.1, 0.15) is 0 Å². The van der Waals surface area contributed by atoms with E-state index >= 15 is 0 Å². The predicted molar refractivity (Wildman–Crippen MR) is 140 cm³/mol. The van der Waals surface area contributed by atoms with Crippen molar-refractivity contribution in [2.24, 2.45) is 0 Å². The number of benzene rings is 3. The van der Waals surface area contributed by atoms with Gasteiger partial charge in [0.05, 0.1) is 6.57 Å². The van der Waals surface area contributed by atoms with E-state index in [0.717, 1.165) is 67.8 Å². The molecule has 1 aliphatic rings. The summed E-state index contributed by atoms with van der Waals surface area (Å²) < 4.78 is 0. The van der Waals surface area contributed by atoms with Crippen molar-refractivity contribution in [3.63, 3.8) is 0 Å². The van der Waals surface area contributed by atoms with Crippen molar-refractivity contribution in [3.8, 4) is 0 Å². The molecule has 1 aliphatic heterocycles. The van der Waals surface area contributed by atoms with E-state index in [4.69, 9.17) is 6.57 Å². The number of anilines is 2. The van der Waals surface area contributed by atoms with E-state index in [1.54, 1.807) is 0 Å². The van der Waals surface area contributed by atoms with E-state index in [-0.39, 0.29) is 5.91 Å². The number of hydrogen-bond donors (Lipinski definition) is 1. The van der Waals surface area contributed by atoms with Gasteiger partial charge in [0.25, 0.3) is 5.91 Å². The molecule has 1 fully saturated rings. The Morgan fingerprint density at radius 1 is 0.971 bits per heavy atom. The number of aryl methyl sites for hydroxylation is 3. The lowest BCUT2D eigenvalue weighted by atomic mass is 10.0. The molecule has 0 saturated carbocycles. The van der Waals surface area contributed by atoms with Crippen molar-refractivity contribution in [1.82, 2.24) is 4.90 Å². The topological polar surface area (TPSA) is 39.9 Å². The molecular formula is C29H32N4O. The van der Waals surface area contributed by atoms with Crippen LogP contribution in [0.5, 0.6) is 0 Å². The lowest BCUT2D eigenvalue weighted by Crippen LogP contribution is -2.28. The number of amides is 1. The Bertz CT molecular complexity index is 1180. The molecule has 1 heterocycles. The summed E-state index contributed by atoms with van der Waals surface area (Å²) in [5, 5.41) is 3.13. The van der Waals surface area contributed by atoms with Gasteiger partial charge in [0.15, 0.2) is 5.69 Å². The van der Waals surface area contributed by atoms with Gasteiger partial charge in [-0.1, -0.05) is 42.0 Å². The maximum absolute atomic E-state index is 13.1. The SMILES string of the molecule is [C-]#[N+]c1cccc(CCc2ccc(C)cc2NC(=O)c2ccc(N3CCCN(C)CC3)cc2)c1. The summed E-state index contributed by atoms with van der Waals surface area (Å²) in [7, 11) is 2.17. The molecular weight excluding hydrogens is 420 g/mol. The zero-order valence-electron chi connectivity index (χ0n) is 20.1. The number of nitrogens with one attached hydrogen (secondary N) is 1. The zero-order chi connectivity index (χ0) is 23.9. The molecule has 3 aromatic carbocycles. The van der Waals surface area contributed by atoms with Crippen LogP contribution in [0.25, 0.3) is 4.85 Å². The third kappa shape index (κ3) is 6.03. The molecule has 0 aromatic heterocycles. The van der Waals surface area contributed by atoms with Crippen LogP contribution < -0.4 is 10.2 Å². The van der Waals surface area contributed by atoms with Gasteiger partial charge in [-0.2, -0.15) is 0 Å². The second-order valence-electron chi connectivity index (χ2n) is 9.09. The molecule has 3 aromatic rings. The lowest BCUT2D eigenvalue weighted by molar-refractivity contribution is 0.102. The highest BCUT2D eigenvalue weighted by atomic mass is 16.1. The van der Waals surface area contributed by atoms with E-state index in [1.807, 2.05) is 49.4 Å². The molecule has 1 N–H and O–H groups in total. The van der Waals surface area contributed by atoms with Gasteiger partial charge in [0.2, 0.25) is 0 Å². The second-order valence-corrected chi connectivity index (χ2v) is 9.09. The lowest BCUT2D eigenvalue weighted by Gasteiger charge is -2.23. The Kier molecular flexibility index (Phi) is 7.61. The highest BCUT2D eigenvalue weighted by molar-refractivity contribution is 6.04. The maximum Gasteiger partial charge on any atom is 0.255 e. The third-order valence-electron chi connectivity index (χ3n) is 6.45. The molecule has 0 unspecified atom stereocenters. The fraction of sp³-hybridized carbons (Fsp3) is 0.310. The van der Waals surface area contributed by atoms with Gasteiger partial charge in [-0.05, 0) is 81.2 Å². The van der Waals surface area contributed by atoms with Crippen molar-refractivity contribution >= 4 is 23.0 Å². The fourth-order valence-corrected chi connectivity index (χ4v) is 4.41. The van der Waals surface area contributed by atoms with Gasteiger partial charge < -0.3 is 15.1 Å². The maximum atomic E-state index is 13.1. The Labute approximate surface area is 202 Å². The molecule has 174 valence electrons. The molecule has 0 bridgehead atoms. The number of rotatable bonds is 6. The summed E-state index contributed by atoms with van der Waals surface area (Å²) in [6.45, 7) is 13.5. The van der Waals surface area contributed by atoms with Crippen LogP contribution in [-0.4, -0.2) is 44.0 Å². The second kappa shape index (κ2) is 11.0. The third-order valence-corrected chi connectivity index (χ3v) is 6.45. The average Bonchev–Trinajstić information content (AvgIpc) is 3.08. The molecule has 0 spiro atoms. The van der Waals surface area contributed by atoms with Crippen molar-refractivity contribution in [3.05, 3.63) is 100 Å². The largest absolute Gasteiger partial charge is 0.370 e. The van der Waals surface area contributed by atoms with Crippen LogP contribution in [-0.2, 0) is 12.8 Å². The molecule has 0 atom stereocenters. The summed E-state index contributed by atoms with van der Waals surface area (Å²) in [6.07, 6.45) is 2.76. The van der Waals surface area contributed by atoms with Gasteiger partial charge >= 0.3 is 0 Å². The molecule has 0 radical (unpaired) electrons. The summed E-state index contributed by atoms with van der Waals surface area (Å²) in [5.74, 6) is -0.0935. The summed E-state index contributed by atoms with van der Waals surface area (Å²) >= 11 is 0. The molecule has 1 saturated heterocycles. The van der Waals surface area contributed by atoms with E-state index in [1.165, 1.54) is 5.69 Å². The minimum atomic E-state index is -0.0935. The van der Waals surface area contributed by atoms with Gasteiger partial charge in [-0.3, -0.25) is 4.79 Å². The Morgan fingerprint density at radius 3 is 2.59 bits per heavy atom. The van der Waals surface area contributed by atoms with Gasteiger partial charge in [-0.25, -0.2) is 4.85 Å².